The van der Waals surface area contributed by atoms with Gasteiger partial charge in [-0.3, -0.25) is 4.79 Å². The number of hydrogen-bond acceptors (Lipinski definition) is 4. The highest BCUT2D eigenvalue weighted by Gasteiger charge is 2.27. The second-order valence-corrected chi connectivity index (χ2v) is 4.73. The Morgan fingerprint density at radius 3 is 3.00 bits per heavy atom. The maximum atomic E-state index is 12.2. The number of fused-ring (bicyclic) bond motifs is 1. The van der Waals surface area contributed by atoms with Crippen LogP contribution >= 0.6 is 0 Å². The molecule has 3 rings (SSSR count). The molecule has 2 N–H and O–H groups in total. The molecule has 0 saturated heterocycles. The highest BCUT2D eigenvalue weighted by molar-refractivity contribution is 5.83. The number of hydrogen-bond donors (Lipinski definition) is 2. The van der Waals surface area contributed by atoms with Gasteiger partial charge in [-0.1, -0.05) is 12.1 Å². The van der Waals surface area contributed by atoms with Crippen molar-refractivity contribution < 1.29 is 13.9 Å². The third-order valence-electron chi connectivity index (χ3n) is 3.26. The zero-order chi connectivity index (χ0) is 13.9. The minimum absolute atomic E-state index is 0.157. The molecule has 1 aromatic carbocycles. The van der Waals surface area contributed by atoms with Crippen LogP contribution in [0, 0.1) is 0 Å². The Hall–Kier alpha value is -2.43. The fraction of sp³-hybridized carbons (Fsp3) is 0.267. The SMILES string of the molecule is C[C@H](NC(=O)C1CNc2ccccc2O1)c1ccco1. The maximum Gasteiger partial charge on any atom is 0.263 e. The lowest BCUT2D eigenvalue weighted by Gasteiger charge is -2.27. The van der Waals surface area contributed by atoms with Crippen LogP contribution in [0.3, 0.4) is 0 Å². The molecule has 2 atom stereocenters. The molecule has 1 aliphatic heterocycles. The summed E-state index contributed by atoms with van der Waals surface area (Å²) in [5.74, 6) is 1.27. The van der Waals surface area contributed by atoms with Gasteiger partial charge in [0.25, 0.3) is 5.91 Å². The first kappa shape index (κ1) is 12.6. The third kappa shape index (κ3) is 2.47. The topological polar surface area (TPSA) is 63.5 Å². The lowest BCUT2D eigenvalue weighted by molar-refractivity contribution is -0.128. The molecule has 0 spiro atoms. The molecule has 0 aliphatic carbocycles. The fourth-order valence-corrected chi connectivity index (χ4v) is 2.17. The van der Waals surface area contributed by atoms with Crippen molar-refractivity contribution in [1.82, 2.24) is 5.32 Å². The number of anilines is 1. The predicted octanol–water partition coefficient (Wildman–Crippen LogP) is 2.33. The standard InChI is InChI=1S/C15H16N2O3/c1-10(12-7-4-8-19-12)17-15(18)14-9-16-11-5-2-3-6-13(11)20-14/h2-8,10,14,16H,9H2,1H3,(H,17,18)/t10-,14?/m0/s1. The summed E-state index contributed by atoms with van der Waals surface area (Å²) in [4.78, 5) is 12.2. The average Bonchev–Trinajstić information content (AvgIpc) is 3.01. The summed E-state index contributed by atoms with van der Waals surface area (Å²) in [5, 5.41) is 6.08. The summed E-state index contributed by atoms with van der Waals surface area (Å²) >= 11 is 0. The molecule has 1 aromatic heterocycles. The maximum absolute atomic E-state index is 12.2. The number of carbonyl (C=O) groups is 1. The van der Waals surface area contributed by atoms with E-state index >= 15 is 0 Å². The van der Waals surface area contributed by atoms with Gasteiger partial charge in [-0.2, -0.15) is 0 Å². The zero-order valence-electron chi connectivity index (χ0n) is 11.1. The smallest absolute Gasteiger partial charge is 0.263 e. The molecular formula is C15H16N2O3. The first-order valence-corrected chi connectivity index (χ1v) is 6.57. The van der Waals surface area contributed by atoms with E-state index in [0.29, 0.717) is 12.3 Å². The van der Waals surface area contributed by atoms with Crippen molar-refractivity contribution in [2.24, 2.45) is 0 Å². The van der Waals surface area contributed by atoms with Crippen LogP contribution in [0.5, 0.6) is 5.75 Å². The van der Waals surface area contributed by atoms with E-state index in [2.05, 4.69) is 10.6 Å². The molecular weight excluding hydrogens is 256 g/mol. The van der Waals surface area contributed by atoms with Crippen molar-refractivity contribution in [3.63, 3.8) is 0 Å². The molecule has 5 heteroatoms. The van der Waals surface area contributed by atoms with Crippen molar-refractivity contribution in [2.45, 2.75) is 19.1 Å². The first-order chi connectivity index (χ1) is 9.74. The quantitative estimate of drug-likeness (QED) is 0.900. The number of rotatable bonds is 3. The van der Waals surface area contributed by atoms with E-state index in [9.17, 15) is 4.79 Å². The number of carbonyl (C=O) groups excluding carboxylic acids is 1. The monoisotopic (exact) mass is 272 g/mol. The fourth-order valence-electron chi connectivity index (χ4n) is 2.17. The molecule has 0 saturated carbocycles. The van der Waals surface area contributed by atoms with Crippen LogP contribution in [0.15, 0.2) is 47.1 Å². The van der Waals surface area contributed by atoms with Gasteiger partial charge in [-0.05, 0) is 31.2 Å². The lowest BCUT2D eigenvalue weighted by atomic mass is 10.2. The van der Waals surface area contributed by atoms with Crippen LogP contribution in [-0.4, -0.2) is 18.6 Å². The molecule has 104 valence electrons. The zero-order valence-corrected chi connectivity index (χ0v) is 11.1. The highest BCUT2D eigenvalue weighted by Crippen LogP contribution is 2.28. The van der Waals surface area contributed by atoms with Crippen molar-refractivity contribution >= 4 is 11.6 Å². The molecule has 1 unspecified atom stereocenters. The molecule has 1 aliphatic rings. The van der Waals surface area contributed by atoms with Gasteiger partial charge in [0.05, 0.1) is 24.5 Å². The predicted molar refractivity (Wildman–Crippen MR) is 74.6 cm³/mol. The van der Waals surface area contributed by atoms with E-state index in [-0.39, 0.29) is 11.9 Å². The van der Waals surface area contributed by atoms with E-state index in [1.165, 1.54) is 0 Å². The number of benzene rings is 1. The minimum atomic E-state index is -0.540. The van der Waals surface area contributed by atoms with Crippen LogP contribution in [0.1, 0.15) is 18.7 Å². The molecule has 0 fully saturated rings. The van der Waals surface area contributed by atoms with Gasteiger partial charge in [0, 0.05) is 0 Å². The van der Waals surface area contributed by atoms with Gasteiger partial charge in [-0.25, -0.2) is 0 Å². The number of amides is 1. The van der Waals surface area contributed by atoms with E-state index in [1.54, 1.807) is 12.3 Å². The largest absolute Gasteiger partial charge is 0.477 e. The van der Waals surface area contributed by atoms with E-state index in [1.807, 2.05) is 37.3 Å². The lowest BCUT2D eigenvalue weighted by Crippen LogP contribution is -2.45. The summed E-state index contributed by atoms with van der Waals surface area (Å²) < 4.78 is 11.0. The number of para-hydroxylation sites is 2. The van der Waals surface area contributed by atoms with E-state index < -0.39 is 6.10 Å². The van der Waals surface area contributed by atoms with Crippen LogP contribution in [0.4, 0.5) is 5.69 Å². The Kier molecular flexibility index (Phi) is 3.33. The molecule has 1 amide bonds. The van der Waals surface area contributed by atoms with Crippen molar-refractivity contribution in [3.05, 3.63) is 48.4 Å². The molecule has 2 heterocycles. The Morgan fingerprint density at radius 1 is 1.35 bits per heavy atom. The van der Waals surface area contributed by atoms with E-state index in [4.69, 9.17) is 9.15 Å². The van der Waals surface area contributed by atoms with Crippen LogP contribution in [-0.2, 0) is 4.79 Å². The average molecular weight is 272 g/mol. The molecule has 5 nitrogen and oxygen atoms in total. The van der Waals surface area contributed by atoms with Crippen molar-refractivity contribution in [3.8, 4) is 5.75 Å². The number of nitrogens with one attached hydrogen (secondary N) is 2. The summed E-state index contributed by atoms with van der Waals surface area (Å²) in [6.45, 7) is 2.33. The molecule has 0 bridgehead atoms. The van der Waals surface area contributed by atoms with Crippen molar-refractivity contribution in [1.29, 1.82) is 0 Å². The number of furan rings is 1. The van der Waals surface area contributed by atoms with E-state index in [0.717, 1.165) is 11.4 Å². The Morgan fingerprint density at radius 2 is 2.20 bits per heavy atom. The van der Waals surface area contributed by atoms with Crippen molar-refractivity contribution in [2.75, 3.05) is 11.9 Å². The van der Waals surface area contributed by atoms with Crippen LogP contribution in [0.2, 0.25) is 0 Å². The second kappa shape index (κ2) is 5.28. The summed E-state index contributed by atoms with van der Waals surface area (Å²) in [5.41, 5.74) is 0.913. The molecule has 20 heavy (non-hydrogen) atoms. The van der Waals surface area contributed by atoms with Gasteiger partial charge in [-0.15, -0.1) is 0 Å². The van der Waals surface area contributed by atoms with Crippen LogP contribution < -0.4 is 15.4 Å². The Balaban J connectivity index is 1.64. The van der Waals surface area contributed by atoms with Gasteiger partial charge >= 0.3 is 0 Å². The third-order valence-corrected chi connectivity index (χ3v) is 3.26. The van der Waals surface area contributed by atoms with Gasteiger partial charge in [0.1, 0.15) is 11.5 Å². The first-order valence-electron chi connectivity index (χ1n) is 6.57. The molecule has 2 aromatic rings. The second-order valence-electron chi connectivity index (χ2n) is 4.73. The summed E-state index contributed by atoms with van der Waals surface area (Å²) in [6.07, 6.45) is 1.05. The Bertz CT molecular complexity index is 595. The normalized spacial score (nSPS) is 18.4. The number of ether oxygens (including phenoxy) is 1. The van der Waals surface area contributed by atoms with Crippen LogP contribution in [0.25, 0.3) is 0 Å². The van der Waals surface area contributed by atoms with Gasteiger partial charge < -0.3 is 19.8 Å². The highest BCUT2D eigenvalue weighted by atomic mass is 16.5. The molecule has 0 radical (unpaired) electrons. The summed E-state index contributed by atoms with van der Waals surface area (Å²) in [7, 11) is 0. The minimum Gasteiger partial charge on any atom is -0.477 e. The van der Waals surface area contributed by atoms with Gasteiger partial charge in [0.2, 0.25) is 0 Å². The Labute approximate surface area is 116 Å². The van der Waals surface area contributed by atoms with Gasteiger partial charge in [0.15, 0.2) is 6.10 Å². The summed E-state index contributed by atoms with van der Waals surface area (Å²) in [6, 6.07) is 11.0.